The lowest BCUT2D eigenvalue weighted by Gasteiger charge is -2.10. The van der Waals surface area contributed by atoms with Crippen LogP contribution in [0.25, 0.3) is 0 Å². The average Bonchev–Trinajstić information content (AvgIpc) is 2.11. The first kappa shape index (κ1) is 10.5. The summed E-state index contributed by atoms with van der Waals surface area (Å²) < 4.78 is 1.03. The number of hydrogen-bond donors (Lipinski definition) is 2. The second-order valence-electron chi connectivity index (χ2n) is 3.15. The first-order valence-corrected chi connectivity index (χ1v) is 5.04. The first-order chi connectivity index (χ1) is 6.07. The molecule has 13 heavy (non-hydrogen) atoms. The minimum atomic E-state index is 0.381. The standard InChI is InChI=1S/C10H14BrNO/c1-6-7(2)10(13)8(3-4-12)5-9(6)11/h5,13H,3-4,12H2,1-2H3. The van der Waals surface area contributed by atoms with E-state index in [0.29, 0.717) is 18.7 Å². The van der Waals surface area contributed by atoms with Crippen molar-refractivity contribution in [3.63, 3.8) is 0 Å². The van der Waals surface area contributed by atoms with Gasteiger partial charge in [-0.1, -0.05) is 15.9 Å². The summed E-state index contributed by atoms with van der Waals surface area (Å²) in [6.07, 6.45) is 0.714. The maximum atomic E-state index is 9.76. The summed E-state index contributed by atoms with van der Waals surface area (Å²) >= 11 is 3.45. The van der Waals surface area contributed by atoms with Crippen molar-refractivity contribution in [3.05, 3.63) is 27.2 Å². The molecule has 0 atom stereocenters. The number of benzene rings is 1. The van der Waals surface area contributed by atoms with Gasteiger partial charge in [-0.25, -0.2) is 0 Å². The Morgan fingerprint density at radius 3 is 2.54 bits per heavy atom. The highest BCUT2D eigenvalue weighted by Crippen LogP contribution is 2.31. The van der Waals surface area contributed by atoms with E-state index in [0.717, 1.165) is 21.2 Å². The van der Waals surface area contributed by atoms with E-state index in [-0.39, 0.29) is 0 Å². The lowest BCUT2D eigenvalue weighted by Crippen LogP contribution is -2.04. The third-order valence-corrected chi connectivity index (χ3v) is 3.12. The van der Waals surface area contributed by atoms with Crippen LogP contribution >= 0.6 is 15.9 Å². The Labute approximate surface area is 86.9 Å². The topological polar surface area (TPSA) is 46.2 Å². The summed E-state index contributed by atoms with van der Waals surface area (Å²) in [5.74, 6) is 0.381. The van der Waals surface area contributed by atoms with Gasteiger partial charge in [0.15, 0.2) is 0 Å². The molecule has 0 aliphatic heterocycles. The third kappa shape index (κ3) is 2.03. The van der Waals surface area contributed by atoms with Gasteiger partial charge < -0.3 is 10.8 Å². The number of phenols is 1. The van der Waals surface area contributed by atoms with Crippen molar-refractivity contribution in [1.82, 2.24) is 0 Å². The zero-order chi connectivity index (χ0) is 10.0. The molecule has 0 aliphatic rings. The molecule has 0 aromatic heterocycles. The molecule has 2 nitrogen and oxygen atoms in total. The van der Waals surface area contributed by atoms with Gasteiger partial charge in [0.25, 0.3) is 0 Å². The fraction of sp³-hybridized carbons (Fsp3) is 0.400. The van der Waals surface area contributed by atoms with Crippen molar-refractivity contribution in [2.45, 2.75) is 20.3 Å². The Hall–Kier alpha value is -0.540. The molecular formula is C10H14BrNO. The third-order valence-electron chi connectivity index (χ3n) is 2.29. The van der Waals surface area contributed by atoms with E-state index >= 15 is 0 Å². The molecule has 1 aromatic carbocycles. The number of rotatable bonds is 2. The highest BCUT2D eigenvalue weighted by Gasteiger charge is 2.09. The number of nitrogens with two attached hydrogens (primary N) is 1. The molecule has 0 aliphatic carbocycles. The molecule has 1 aromatic rings. The van der Waals surface area contributed by atoms with Gasteiger partial charge in [0, 0.05) is 4.47 Å². The van der Waals surface area contributed by atoms with E-state index in [2.05, 4.69) is 15.9 Å². The summed E-state index contributed by atoms with van der Waals surface area (Å²) in [7, 11) is 0. The Balaban J connectivity index is 3.24. The van der Waals surface area contributed by atoms with Gasteiger partial charge in [0.1, 0.15) is 5.75 Å². The van der Waals surface area contributed by atoms with Crippen LogP contribution in [-0.4, -0.2) is 11.7 Å². The van der Waals surface area contributed by atoms with Crippen molar-refractivity contribution < 1.29 is 5.11 Å². The van der Waals surface area contributed by atoms with Crippen LogP contribution in [0.4, 0.5) is 0 Å². The van der Waals surface area contributed by atoms with Crippen molar-refractivity contribution in [3.8, 4) is 5.75 Å². The Morgan fingerprint density at radius 2 is 2.00 bits per heavy atom. The second kappa shape index (κ2) is 4.11. The molecule has 0 saturated heterocycles. The highest BCUT2D eigenvalue weighted by atomic mass is 79.9. The molecule has 72 valence electrons. The van der Waals surface area contributed by atoms with E-state index in [1.54, 1.807) is 0 Å². The minimum absolute atomic E-state index is 0.381. The Morgan fingerprint density at radius 1 is 1.38 bits per heavy atom. The molecule has 3 heteroatoms. The fourth-order valence-corrected chi connectivity index (χ4v) is 1.85. The number of hydrogen-bond acceptors (Lipinski definition) is 2. The smallest absolute Gasteiger partial charge is 0.122 e. The van der Waals surface area contributed by atoms with Crippen LogP contribution in [0.3, 0.4) is 0 Å². The molecule has 0 heterocycles. The second-order valence-corrected chi connectivity index (χ2v) is 4.01. The summed E-state index contributed by atoms with van der Waals surface area (Å²) in [5, 5.41) is 9.76. The van der Waals surface area contributed by atoms with Gasteiger partial charge in [-0.05, 0) is 49.6 Å². The molecule has 0 saturated carbocycles. The largest absolute Gasteiger partial charge is 0.507 e. The van der Waals surface area contributed by atoms with Gasteiger partial charge in [-0.2, -0.15) is 0 Å². The Bertz CT molecular complexity index is 323. The van der Waals surface area contributed by atoms with Crippen LogP contribution in [-0.2, 0) is 6.42 Å². The molecule has 0 spiro atoms. The SMILES string of the molecule is Cc1c(Br)cc(CCN)c(O)c1C. The lowest BCUT2D eigenvalue weighted by atomic mass is 10.0. The van der Waals surface area contributed by atoms with Crippen molar-refractivity contribution in [2.75, 3.05) is 6.54 Å². The summed E-state index contributed by atoms with van der Waals surface area (Å²) in [6.45, 7) is 4.45. The molecule has 3 N–H and O–H groups in total. The van der Waals surface area contributed by atoms with Gasteiger partial charge in [0.05, 0.1) is 0 Å². The first-order valence-electron chi connectivity index (χ1n) is 4.25. The summed E-state index contributed by atoms with van der Waals surface area (Å²) in [6, 6.07) is 1.94. The van der Waals surface area contributed by atoms with Crippen LogP contribution in [0.15, 0.2) is 10.5 Å². The van der Waals surface area contributed by atoms with E-state index in [9.17, 15) is 5.11 Å². The molecule has 0 bridgehead atoms. The van der Waals surface area contributed by atoms with E-state index in [1.807, 2.05) is 19.9 Å². The molecular weight excluding hydrogens is 230 g/mol. The van der Waals surface area contributed by atoms with Crippen LogP contribution in [0, 0.1) is 13.8 Å². The predicted molar refractivity (Wildman–Crippen MR) is 58.0 cm³/mol. The normalized spacial score (nSPS) is 10.5. The molecule has 0 amide bonds. The van der Waals surface area contributed by atoms with Crippen molar-refractivity contribution in [1.29, 1.82) is 0 Å². The van der Waals surface area contributed by atoms with Crippen LogP contribution in [0.5, 0.6) is 5.75 Å². The van der Waals surface area contributed by atoms with Gasteiger partial charge in [-0.15, -0.1) is 0 Å². The Kier molecular flexibility index (Phi) is 3.33. The maximum absolute atomic E-state index is 9.76. The number of phenolic OH excluding ortho intramolecular Hbond substituents is 1. The molecule has 0 radical (unpaired) electrons. The minimum Gasteiger partial charge on any atom is -0.507 e. The van der Waals surface area contributed by atoms with Crippen LogP contribution < -0.4 is 5.73 Å². The highest BCUT2D eigenvalue weighted by molar-refractivity contribution is 9.10. The monoisotopic (exact) mass is 243 g/mol. The van der Waals surface area contributed by atoms with Crippen molar-refractivity contribution >= 4 is 15.9 Å². The van der Waals surface area contributed by atoms with Gasteiger partial charge >= 0.3 is 0 Å². The number of halogens is 1. The quantitative estimate of drug-likeness (QED) is 0.838. The maximum Gasteiger partial charge on any atom is 0.122 e. The van der Waals surface area contributed by atoms with Crippen LogP contribution in [0.1, 0.15) is 16.7 Å². The van der Waals surface area contributed by atoms with Gasteiger partial charge in [0.2, 0.25) is 0 Å². The van der Waals surface area contributed by atoms with E-state index in [1.165, 1.54) is 0 Å². The van der Waals surface area contributed by atoms with Crippen molar-refractivity contribution in [2.24, 2.45) is 5.73 Å². The molecule has 0 unspecified atom stereocenters. The van der Waals surface area contributed by atoms with E-state index in [4.69, 9.17) is 5.73 Å². The van der Waals surface area contributed by atoms with E-state index < -0.39 is 0 Å². The molecule has 1 rings (SSSR count). The zero-order valence-corrected chi connectivity index (χ0v) is 9.48. The number of aromatic hydroxyl groups is 1. The summed E-state index contributed by atoms with van der Waals surface area (Å²) in [5.41, 5.74) is 8.37. The zero-order valence-electron chi connectivity index (χ0n) is 7.89. The molecule has 0 fully saturated rings. The predicted octanol–water partition coefficient (Wildman–Crippen LogP) is 2.27. The fourth-order valence-electron chi connectivity index (χ4n) is 1.27. The van der Waals surface area contributed by atoms with Crippen LogP contribution in [0.2, 0.25) is 0 Å². The lowest BCUT2D eigenvalue weighted by molar-refractivity contribution is 0.463. The average molecular weight is 244 g/mol. The summed E-state index contributed by atoms with van der Waals surface area (Å²) in [4.78, 5) is 0. The van der Waals surface area contributed by atoms with Gasteiger partial charge in [-0.3, -0.25) is 0 Å².